The van der Waals surface area contributed by atoms with Crippen LogP contribution in [0.25, 0.3) is 0 Å². The van der Waals surface area contributed by atoms with Crippen molar-refractivity contribution < 1.29 is 19.5 Å². The van der Waals surface area contributed by atoms with Crippen molar-refractivity contribution in [2.24, 2.45) is 4.99 Å². The van der Waals surface area contributed by atoms with Gasteiger partial charge in [0.05, 0.1) is 6.54 Å². The van der Waals surface area contributed by atoms with Gasteiger partial charge >= 0.3 is 6.09 Å². The van der Waals surface area contributed by atoms with E-state index in [-0.39, 0.29) is 17.1 Å². The van der Waals surface area contributed by atoms with Crippen molar-refractivity contribution in [3.63, 3.8) is 0 Å². The maximum atomic E-state index is 12.0. The first kappa shape index (κ1) is 28.1. The van der Waals surface area contributed by atoms with Crippen molar-refractivity contribution in [3.05, 3.63) is 0 Å². The van der Waals surface area contributed by atoms with Gasteiger partial charge in [-0.15, -0.1) is 0 Å². The Morgan fingerprint density at radius 3 is 1.71 bits per heavy atom. The number of aliphatic hydroxyl groups is 1. The average Bonchev–Trinajstić information content (AvgIpc) is 3.08. The molecule has 1 heterocycles. The first-order chi connectivity index (χ1) is 15.1. The second kappa shape index (κ2) is 17.6. The summed E-state index contributed by atoms with van der Waals surface area (Å²) in [5.74, 6) is 0.818. The molecule has 0 saturated heterocycles. The molecule has 31 heavy (non-hydrogen) atoms. The molecule has 0 saturated carbocycles. The summed E-state index contributed by atoms with van der Waals surface area (Å²) in [5, 5.41) is 19.0. The zero-order valence-corrected chi connectivity index (χ0v) is 20.6. The van der Waals surface area contributed by atoms with Gasteiger partial charge in [0.2, 0.25) is 5.84 Å². The highest BCUT2D eigenvalue weighted by Crippen LogP contribution is 2.25. The molecule has 2 unspecified atom stereocenters. The summed E-state index contributed by atoms with van der Waals surface area (Å²) >= 11 is 0. The summed E-state index contributed by atoms with van der Waals surface area (Å²) < 4.78 is -0.0551. The van der Waals surface area contributed by atoms with E-state index in [4.69, 9.17) is 5.11 Å². The number of aliphatic imine (C=N–C) groups is 1. The molecule has 0 fully saturated rings. The highest BCUT2D eigenvalue weighted by molar-refractivity contribution is 5.86. The van der Waals surface area contributed by atoms with Crippen LogP contribution in [-0.4, -0.2) is 52.4 Å². The lowest BCUT2D eigenvalue weighted by molar-refractivity contribution is -0.763. The quantitative estimate of drug-likeness (QED) is 0.154. The van der Waals surface area contributed by atoms with Gasteiger partial charge in [0.25, 0.3) is 0 Å². The molecule has 0 aromatic rings. The Morgan fingerprint density at radius 1 is 0.839 bits per heavy atom. The lowest BCUT2D eigenvalue weighted by Crippen LogP contribution is -2.56. The molecule has 2 N–H and O–H groups in total. The lowest BCUT2D eigenvalue weighted by Gasteiger charge is -2.28. The van der Waals surface area contributed by atoms with Crippen molar-refractivity contribution >= 4 is 11.9 Å². The van der Waals surface area contributed by atoms with Crippen LogP contribution in [0.3, 0.4) is 0 Å². The van der Waals surface area contributed by atoms with Crippen LogP contribution in [0.2, 0.25) is 0 Å². The van der Waals surface area contributed by atoms with E-state index in [9.17, 15) is 9.90 Å². The largest absolute Gasteiger partial charge is 0.519 e. The number of quaternary nitrogens is 1. The molecular formula is C26H51N2O3+. The van der Waals surface area contributed by atoms with Gasteiger partial charge in [-0.05, 0) is 13.3 Å². The van der Waals surface area contributed by atoms with E-state index in [0.29, 0.717) is 19.5 Å². The third-order valence-corrected chi connectivity index (χ3v) is 6.76. The number of carbonyl (C=O) groups is 1. The number of unbranched alkanes of at least 4 members (excludes halogenated alkanes) is 15. The molecule has 0 radical (unpaired) electrons. The predicted octanol–water partition coefficient (Wildman–Crippen LogP) is 7.32. The van der Waals surface area contributed by atoms with Crippen LogP contribution in [0, 0.1) is 0 Å². The summed E-state index contributed by atoms with van der Waals surface area (Å²) in [6.45, 7) is 5.29. The number of nitrogens with zero attached hydrogens (tertiary/aromatic N) is 2. The Labute approximate surface area is 191 Å². The minimum absolute atomic E-state index is 0.0357. The summed E-state index contributed by atoms with van der Waals surface area (Å²) in [4.78, 5) is 16.6. The Bertz CT molecular complexity index is 495. The second-order valence-corrected chi connectivity index (χ2v) is 9.68. The fourth-order valence-corrected chi connectivity index (χ4v) is 4.92. The Morgan fingerprint density at radius 2 is 1.29 bits per heavy atom. The summed E-state index contributed by atoms with van der Waals surface area (Å²) in [5.41, 5.74) is 0. The molecule has 182 valence electrons. The molecule has 1 aliphatic heterocycles. The van der Waals surface area contributed by atoms with Crippen LogP contribution < -0.4 is 0 Å². The number of amides is 1. The maximum Gasteiger partial charge on any atom is 0.519 e. The van der Waals surface area contributed by atoms with Crippen LogP contribution >= 0.6 is 0 Å². The van der Waals surface area contributed by atoms with Crippen molar-refractivity contribution in [3.8, 4) is 0 Å². The van der Waals surface area contributed by atoms with Crippen molar-refractivity contribution in [1.82, 2.24) is 0 Å². The van der Waals surface area contributed by atoms with E-state index < -0.39 is 6.09 Å². The normalized spacial score (nSPS) is 20.9. The zero-order chi connectivity index (χ0) is 22.8. The number of amidine groups is 1. The summed E-state index contributed by atoms with van der Waals surface area (Å²) in [6.07, 6.45) is 22.0. The van der Waals surface area contributed by atoms with E-state index in [2.05, 4.69) is 11.9 Å². The molecule has 2 atom stereocenters. The van der Waals surface area contributed by atoms with Crippen LogP contribution in [-0.2, 0) is 0 Å². The molecule has 1 aliphatic rings. The molecule has 0 spiro atoms. The third-order valence-electron chi connectivity index (χ3n) is 6.76. The Balaban J connectivity index is 2.02. The standard InChI is InChI=1S/C26H50N2O3/c1-3-4-5-6-7-8-9-10-11-12-13-14-15-16-17-18-20-25-27-24(2)23-28(25,26(30)31)21-19-22-29/h24,29H,3-23H2,1-2H3/p+1. The molecular weight excluding hydrogens is 388 g/mol. The van der Waals surface area contributed by atoms with Gasteiger partial charge in [0, 0.05) is 19.4 Å². The monoisotopic (exact) mass is 439 g/mol. The average molecular weight is 440 g/mol. The number of hydrogen-bond donors (Lipinski definition) is 2. The molecule has 0 aliphatic carbocycles. The van der Waals surface area contributed by atoms with Gasteiger partial charge in [0.15, 0.2) is 0 Å². The minimum Gasteiger partial charge on any atom is -0.435 e. The molecule has 1 amide bonds. The van der Waals surface area contributed by atoms with Gasteiger partial charge in [-0.2, -0.15) is 9.28 Å². The summed E-state index contributed by atoms with van der Waals surface area (Å²) in [6, 6.07) is 0.0610. The molecule has 5 heteroatoms. The van der Waals surface area contributed by atoms with E-state index in [0.717, 1.165) is 25.1 Å². The predicted molar refractivity (Wildman–Crippen MR) is 131 cm³/mol. The SMILES string of the molecule is CCCCCCCCCCCCCCCCCCC1=NC(C)C[N+]1(CCCO)C(=O)O. The topological polar surface area (TPSA) is 69.9 Å². The van der Waals surface area contributed by atoms with Crippen LogP contribution in [0.15, 0.2) is 4.99 Å². The molecule has 0 aromatic heterocycles. The van der Waals surface area contributed by atoms with Gasteiger partial charge < -0.3 is 10.2 Å². The number of hydrogen-bond acceptors (Lipinski definition) is 3. The van der Waals surface area contributed by atoms with E-state index in [1.807, 2.05) is 6.92 Å². The molecule has 5 nitrogen and oxygen atoms in total. The first-order valence-electron chi connectivity index (χ1n) is 13.4. The summed E-state index contributed by atoms with van der Waals surface area (Å²) in [7, 11) is 0. The van der Waals surface area contributed by atoms with Crippen molar-refractivity contribution in [2.75, 3.05) is 19.7 Å². The van der Waals surface area contributed by atoms with Crippen LogP contribution in [0.5, 0.6) is 0 Å². The smallest absolute Gasteiger partial charge is 0.435 e. The first-order valence-corrected chi connectivity index (χ1v) is 13.4. The minimum atomic E-state index is -0.812. The number of carboxylic acid groups (broad SMARTS) is 1. The number of aliphatic hydroxyl groups excluding tert-OH is 1. The third kappa shape index (κ3) is 11.5. The van der Waals surface area contributed by atoms with E-state index >= 15 is 0 Å². The Hall–Kier alpha value is -0.940. The van der Waals surface area contributed by atoms with Crippen molar-refractivity contribution in [2.45, 2.75) is 135 Å². The van der Waals surface area contributed by atoms with Crippen molar-refractivity contribution in [1.29, 1.82) is 0 Å². The second-order valence-electron chi connectivity index (χ2n) is 9.68. The van der Waals surface area contributed by atoms with Gasteiger partial charge in [-0.25, -0.2) is 4.99 Å². The maximum absolute atomic E-state index is 12.0. The van der Waals surface area contributed by atoms with E-state index in [1.54, 1.807) is 0 Å². The molecule has 0 bridgehead atoms. The Kier molecular flexibility index (Phi) is 15.9. The fraction of sp³-hybridized carbons (Fsp3) is 0.923. The van der Waals surface area contributed by atoms with Gasteiger partial charge in [-0.1, -0.05) is 103 Å². The number of rotatable bonds is 20. The fourth-order valence-electron chi connectivity index (χ4n) is 4.92. The van der Waals surface area contributed by atoms with Crippen LogP contribution in [0.1, 0.15) is 129 Å². The highest BCUT2D eigenvalue weighted by Gasteiger charge is 2.47. The molecule has 0 aromatic carbocycles. The van der Waals surface area contributed by atoms with Gasteiger partial charge in [0.1, 0.15) is 12.6 Å². The lowest BCUT2D eigenvalue weighted by atomic mass is 10.0. The molecule has 1 rings (SSSR count). The van der Waals surface area contributed by atoms with Gasteiger partial charge in [-0.3, -0.25) is 0 Å². The van der Waals surface area contributed by atoms with E-state index in [1.165, 1.54) is 89.9 Å². The van der Waals surface area contributed by atoms with Crippen LogP contribution in [0.4, 0.5) is 4.79 Å². The zero-order valence-electron chi connectivity index (χ0n) is 20.6. The highest BCUT2D eigenvalue weighted by atomic mass is 16.4.